The molecule has 2 heteroatoms. The predicted octanol–water partition coefficient (Wildman–Crippen LogP) is 3.23. The highest BCUT2D eigenvalue weighted by Crippen LogP contribution is 2.13. The molecule has 0 nitrogen and oxygen atoms in total. The third-order valence-electron chi connectivity index (χ3n) is 0.735. The molecular formula is C6H11ClS. The van der Waals surface area contributed by atoms with Crippen LogP contribution in [0.5, 0.6) is 0 Å². The van der Waals surface area contributed by atoms with Gasteiger partial charge in [-0.05, 0) is 18.1 Å². The van der Waals surface area contributed by atoms with Crippen molar-refractivity contribution >= 4 is 23.4 Å². The van der Waals surface area contributed by atoms with Crippen molar-refractivity contribution in [3.8, 4) is 0 Å². The van der Waals surface area contributed by atoms with Crippen LogP contribution in [0.4, 0.5) is 0 Å². The van der Waals surface area contributed by atoms with Crippen LogP contribution in [0.15, 0.2) is 10.4 Å². The zero-order valence-electron chi connectivity index (χ0n) is 5.28. The number of halogens is 1. The number of hydrogen-bond donors (Lipinski definition) is 0. The van der Waals surface area contributed by atoms with E-state index in [0.29, 0.717) is 0 Å². The van der Waals surface area contributed by atoms with E-state index in [1.54, 1.807) is 11.8 Å². The first-order valence-corrected chi connectivity index (χ1v) is 4.35. The molecule has 0 saturated carbocycles. The van der Waals surface area contributed by atoms with Crippen LogP contribution in [-0.4, -0.2) is 6.26 Å². The van der Waals surface area contributed by atoms with Crippen LogP contribution in [0, 0.1) is 0 Å². The van der Waals surface area contributed by atoms with Gasteiger partial charge >= 0.3 is 0 Å². The van der Waals surface area contributed by atoms with Gasteiger partial charge in [-0.3, -0.25) is 0 Å². The van der Waals surface area contributed by atoms with Gasteiger partial charge in [0, 0.05) is 5.03 Å². The van der Waals surface area contributed by atoms with Gasteiger partial charge in [-0.15, -0.1) is 11.8 Å². The van der Waals surface area contributed by atoms with Crippen molar-refractivity contribution in [2.45, 2.75) is 19.8 Å². The molecule has 48 valence electrons. The van der Waals surface area contributed by atoms with E-state index in [4.69, 9.17) is 11.6 Å². The monoisotopic (exact) mass is 150 g/mol. The Balaban J connectivity index is 3.29. The van der Waals surface area contributed by atoms with Crippen LogP contribution < -0.4 is 0 Å². The molecule has 0 amide bonds. The number of allylic oxidation sites excluding steroid dienone is 1. The van der Waals surface area contributed by atoms with Crippen LogP contribution in [0.1, 0.15) is 19.8 Å². The summed E-state index contributed by atoms with van der Waals surface area (Å²) < 4.78 is 0. The van der Waals surface area contributed by atoms with E-state index in [1.165, 1.54) is 0 Å². The molecule has 0 aromatic heterocycles. The average Bonchev–Trinajstić information content (AvgIpc) is 1.68. The second-order valence-electron chi connectivity index (χ2n) is 1.55. The van der Waals surface area contributed by atoms with Gasteiger partial charge in [0.15, 0.2) is 0 Å². The summed E-state index contributed by atoms with van der Waals surface area (Å²) in [5.41, 5.74) is 0. The molecule has 0 fully saturated rings. The molecule has 0 saturated heterocycles. The third kappa shape index (κ3) is 4.54. The highest BCUT2D eigenvalue weighted by molar-refractivity contribution is 8.01. The molecule has 0 heterocycles. The predicted molar refractivity (Wildman–Crippen MR) is 42.4 cm³/mol. The zero-order valence-corrected chi connectivity index (χ0v) is 6.85. The average molecular weight is 151 g/mol. The summed E-state index contributed by atoms with van der Waals surface area (Å²) in [6.45, 7) is 2.12. The second-order valence-corrected chi connectivity index (χ2v) is 2.74. The van der Waals surface area contributed by atoms with Crippen molar-refractivity contribution in [3.05, 3.63) is 10.4 Å². The van der Waals surface area contributed by atoms with E-state index in [9.17, 15) is 0 Å². The molecule has 0 N–H and O–H groups in total. The van der Waals surface area contributed by atoms with Crippen LogP contribution >= 0.6 is 23.4 Å². The van der Waals surface area contributed by atoms with Gasteiger partial charge in [-0.2, -0.15) is 0 Å². The van der Waals surface area contributed by atoms with Crippen molar-refractivity contribution in [2.24, 2.45) is 0 Å². The Hall–Kier alpha value is 0.380. The van der Waals surface area contributed by atoms with Crippen molar-refractivity contribution in [1.82, 2.24) is 0 Å². The summed E-state index contributed by atoms with van der Waals surface area (Å²) in [5, 5.41) is 2.95. The van der Waals surface area contributed by atoms with Crippen molar-refractivity contribution < 1.29 is 0 Å². The summed E-state index contributed by atoms with van der Waals surface area (Å²) in [6, 6.07) is 0. The smallest absolute Gasteiger partial charge is 0.0243 e. The minimum absolute atomic E-state index is 0.972. The number of hydrogen-bond acceptors (Lipinski definition) is 1. The zero-order chi connectivity index (χ0) is 6.41. The maximum absolute atomic E-state index is 5.72. The van der Waals surface area contributed by atoms with Gasteiger partial charge in [0.25, 0.3) is 0 Å². The molecule has 0 unspecified atom stereocenters. The fraction of sp³-hybridized carbons (Fsp3) is 0.667. The Kier molecular flexibility index (Phi) is 5.78. The summed E-state index contributed by atoms with van der Waals surface area (Å²) >= 11 is 7.38. The van der Waals surface area contributed by atoms with E-state index in [2.05, 4.69) is 6.92 Å². The molecule has 0 spiro atoms. The fourth-order valence-electron chi connectivity index (χ4n) is 0.426. The Morgan fingerprint density at radius 1 is 1.75 bits per heavy atom. The molecule has 0 rings (SSSR count). The molecule has 0 bridgehead atoms. The standard InChI is InChI=1S/C6H11ClS/c1-3-4-6(7)5-8-2/h5H,3-4H2,1-2H3/b6-5+. The minimum Gasteiger partial charge on any atom is -0.136 e. The van der Waals surface area contributed by atoms with E-state index in [0.717, 1.165) is 17.9 Å². The second kappa shape index (κ2) is 5.52. The molecule has 0 aliphatic heterocycles. The lowest BCUT2D eigenvalue weighted by molar-refractivity contribution is 0.947. The highest BCUT2D eigenvalue weighted by atomic mass is 35.5. The molecule has 0 aliphatic rings. The fourth-order valence-corrected chi connectivity index (χ4v) is 1.26. The Labute approximate surface area is 60.3 Å². The topological polar surface area (TPSA) is 0 Å². The molecule has 8 heavy (non-hydrogen) atoms. The van der Waals surface area contributed by atoms with E-state index in [1.807, 2.05) is 11.7 Å². The first kappa shape index (κ1) is 8.38. The molecule has 0 aromatic carbocycles. The van der Waals surface area contributed by atoms with Gasteiger partial charge in [-0.1, -0.05) is 24.9 Å². The summed E-state index contributed by atoms with van der Waals surface area (Å²) in [5.74, 6) is 0. The van der Waals surface area contributed by atoms with Crippen molar-refractivity contribution in [3.63, 3.8) is 0 Å². The number of thioether (sulfide) groups is 1. The quantitative estimate of drug-likeness (QED) is 0.596. The highest BCUT2D eigenvalue weighted by Gasteiger charge is 1.85. The van der Waals surface area contributed by atoms with E-state index >= 15 is 0 Å². The molecule has 0 radical (unpaired) electrons. The molecule has 0 atom stereocenters. The van der Waals surface area contributed by atoms with Crippen molar-refractivity contribution in [1.29, 1.82) is 0 Å². The Morgan fingerprint density at radius 2 is 2.38 bits per heavy atom. The lowest BCUT2D eigenvalue weighted by Crippen LogP contribution is -1.67. The largest absolute Gasteiger partial charge is 0.136 e. The van der Waals surface area contributed by atoms with Crippen LogP contribution in [0.25, 0.3) is 0 Å². The Morgan fingerprint density at radius 3 is 2.75 bits per heavy atom. The number of rotatable bonds is 3. The maximum Gasteiger partial charge on any atom is 0.0243 e. The lowest BCUT2D eigenvalue weighted by Gasteiger charge is -1.90. The van der Waals surface area contributed by atoms with Crippen LogP contribution in [-0.2, 0) is 0 Å². The van der Waals surface area contributed by atoms with E-state index < -0.39 is 0 Å². The molecule has 0 aromatic rings. The van der Waals surface area contributed by atoms with Gasteiger partial charge in [0.05, 0.1) is 0 Å². The third-order valence-corrected chi connectivity index (χ3v) is 1.68. The molecular weight excluding hydrogens is 140 g/mol. The SMILES string of the molecule is CCC/C(Cl)=C\SC. The summed E-state index contributed by atoms with van der Waals surface area (Å²) in [7, 11) is 0. The van der Waals surface area contributed by atoms with Crippen molar-refractivity contribution in [2.75, 3.05) is 6.26 Å². The first-order chi connectivity index (χ1) is 3.81. The molecule has 0 aliphatic carbocycles. The van der Waals surface area contributed by atoms with Gasteiger partial charge in [0.1, 0.15) is 0 Å². The Bertz CT molecular complexity index is 78.6. The lowest BCUT2D eigenvalue weighted by atomic mass is 10.3. The van der Waals surface area contributed by atoms with Crippen LogP contribution in [0.2, 0.25) is 0 Å². The van der Waals surface area contributed by atoms with Gasteiger partial charge < -0.3 is 0 Å². The summed E-state index contributed by atoms with van der Waals surface area (Å²) in [6.07, 6.45) is 4.16. The van der Waals surface area contributed by atoms with Crippen LogP contribution in [0.3, 0.4) is 0 Å². The minimum atomic E-state index is 0.972. The normalized spacial score (nSPS) is 12.1. The van der Waals surface area contributed by atoms with Gasteiger partial charge in [0.2, 0.25) is 0 Å². The van der Waals surface area contributed by atoms with Gasteiger partial charge in [-0.25, -0.2) is 0 Å². The van der Waals surface area contributed by atoms with E-state index in [-0.39, 0.29) is 0 Å². The first-order valence-electron chi connectivity index (χ1n) is 2.68. The summed E-state index contributed by atoms with van der Waals surface area (Å²) in [4.78, 5) is 0. The maximum atomic E-state index is 5.72.